The lowest BCUT2D eigenvalue weighted by Gasteiger charge is -2.22. The predicted octanol–water partition coefficient (Wildman–Crippen LogP) is 3.81. The van der Waals surface area contributed by atoms with E-state index in [9.17, 15) is 4.79 Å². The van der Waals surface area contributed by atoms with E-state index in [1.165, 1.54) is 5.56 Å². The van der Waals surface area contributed by atoms with Gasteiger partial charge >= 0.3 is 0 Å². The Labute approximate surface area is 123 Å². The highest BCUT2D eigenvalue weighted by molar-refractivity contribution is 7.07. The van der Waals surface area contributed by atoms with E-state index in [1.54, 1.807) is 24.5 Å². The van der Waals surface area contributed by atoms with Gasteiger partial charge in [0.2, 0.25) is 0 Å². The number of methoxy groups -OCH3 is 1. The molecule has 1 aromatic heterocycles. The molecule has 0 bridgehead atoms. The van der Waals surface area contributed by atoms with Crippen LogP contribution in [0, 0.1) is 0 Å². The zero-order valence-electron chi connectivity index (χ0n) is 11.8. The fraction of sp³-hybridized carbons (Fsp3) is 0.312. The summed E-state index contributed by atoms with van der Waals surface area (Å²) >= 11 is 1.66. The fourth-order valence-corrected chi connectivity index (χ4v) is 2.72. The second kappa shape index (κ2) is 7.10. The van der Waals surface area contributed by atoms with Gasteiger partial charge in [-0.3, -0.25) is 4.79 Å². The van der Waals surface area contributed by atoms with Gasteiger partial charge in [-0.05, 0) is 47.0 Å². The van der Waals surface area contributed by atoms with Gasteiger partial charge in [-0.15, -0.1) is 0 Å². The first-order valence-electron chi connectivity index (χ1n) is 6.69. The van der Waals surface area contributed by atoms with E-state index < -0.39 is 0 Å². The molecular formula is C16H19NO2S. The second-order valence-corrected chi connectivity index (χ2v) is 5.37. The molecule has 0 aliphatic carbocycles. The minimum atomic E-state index is 0.0527. The molecule has 1 aromatic carbocycles. The molecule has 0 N–H and O–H groups in total. The maximum Gasteiger partial charge on any atom is 0.254 e. The molecular weight excluding hydrogens is 270 g/mol. The number of carbonyl (C=O) groups excluding carboxylic acids is 1. The smallest absolute Gasteiger partial charge is 0.254 e. The molecule has 0 spiro atoms. The van der Waals surface area contributed by atoms with Crippen LogP contribution in [0.1, 0.15) is 29.3 Å². The predicted molar refractivity (Wildman–Crippen MR) is 82.3 cm³/mol. The number of carbonyl (C=O) groups is 1. The lowest BCUT2D eigenvalue weighted by molar-refractivity contribution is 0.0743. The van der Waals surface area contributed by atoms with E-state index >= 15 is 0 Å². The SMILES string of the molecule is CCCN(Cc1ccsc1)C(=O)c1cccc(OC)c1. The van der Waals surface area contributed by atoms with Crippen LogP contribution in [0.3, 0.4) is 0 Å². The maximum absolute atomic E-state index is 12.6. The third kappa shape index (κ3) is 3.61. The van der Waals surface area contributed by atoms with Crippen LogP contribution in [0.2, 0.25) is 0 Å². The highest BCUT2D eigenvalue weighted by Gasteiger charge is 2.16. The first-order chi connectivity index (χ1) is 9.74. The van der Waals surface area contributed by atoms with Gasteiger partial charge in [-0.1, -0.05) is 13.0 Å². The third-order valence-electron chi connectivity index (χ3n) is 3.05. The molecule has 20 heavy (non-hydrogen) atoms. The van der Waals surface area contributed by atoms with Crippen LogP contribution >= 0.6 is 11.3 Å². The lowest BCUT2D eigenvalue weighted by Crippen LogP contribution is -2.31. The van der Waals surface area contributed by atoms with E-state index in [1.807, 2.05) is 28.5 Å². The molecule has 0 aliphatic rings. The van der Waals surface area contributed by atoms with Crippen molar-refractivity contribution >= 4 is 17.2 Å². The Kier molecular flexibility index (Phi) is 5.18. The second-order valence-electron chi connectivity index (χ2n) is 4.59. The molecule has 1 heterocycles. The highest BCUT2D eigenvalue weighted by Crippen LogP contribution is 2.17. The summed E-state index contributed by atoms with van der Waals surface area (Å²) in [6, 6.07) is 9.38. The van der Waals surface area contributed by atoms with Gasteiger partial charge in [0.25, 0.3) is 5.91 Å². The summed E-state index contributed by atoms with van der Waals surface area (Å²) in [6.45, 7) is 3.50. The number of rotatable bonds is 6. The molecule has 0 fully saturated rings. The Balaban J connectivity index is 2.17. The molecule has 2 aromatic rings. The molecule has 0 atom stereocenters. The average Bonchev–Trinajstić information content (AvgIpc) is 2.99. The van der Waals surface area contributed by atoms with Crippen molar-refractivity contribution in [3.8, 4) is 5.75 Å². The van der Waals surface area contributed by atoms with Gasteiger partial charge in [-0.2, -0.15) is 11.3 Å². The molecule has 1 amide bonds. The first-order valence-corrected chi connectivity index (χ1v) is 7.63. The lowest BCUT2D eigenvalue weighted by atomic mass is 10.1. The Hall–Kier alpha value is -1.81. The third-order valence-corrected chi connectivity index (χ3v) is 3.78. The summed E-state index contributed by atoms with van der Waals surface area (Å²) in [5.74, 6) is 0.764. The standard InChI is InChI=1S/C16H19NO2S/c1-3-8-17(11-13-7-9-20-12-13)16(18)14-5-4-6-15(10-14)19-2/h4-7,9-10,12H,3,8,11H2,1-2H3. The number of ether oxygens (including phenoxy) is 1. The number of thiophene rings is 1. The highest BCUT2D eigenvalue weighted by atomic mass is 32.1. The fourth-order valence-electron chi connectivity index (χ4n) is 2.06. The Morgan fingerprint density at radius 3 is 2.85 bits per heavy atom. The van der Waals surface area contributed by atoms with Crippen LogP contribution in [0.25, 0.3) is 0 Å². The molecule has 0 unspecified atom stereocenters. The molecule has 0 aliphatic heterocycles. The molecule has 0 saturated heterocycles. The van der Waals surface area contributed by atoms with E-state index in [4.69, 9.17) is 4.74 Å². The monoisotopic (exact) mass is 289 g/mol. The van der Waals surface area contributed by atoms with Crippen molar-refractivity contribution < 1.29 is 9.53 Å². The summed E-state index contributed by atoms with van der Waals surface area (Å²) in [4.78, 5) is 14.5. The van der Waals surface area contributed by atoms with Crippen molar-refractivity contribution in [1.82, 2.24) is 4.90 Å². The Morgan fingerprint density at radius 1 is 1.35 bits per heavy atom. The molecule has 3 nitrogen and oxygen atoms in total. The van der Waals surface area contributed by atoms with Crippen molar-refractivity contribution in [3.05, 3.63) is 52.2 Å². The Bertz CT molecular complexity index is 551. The summed E-state index contributed by atoms with van der Waals surface area (Å²) < 4.78 is 5.18. The molecule has 4 heteroatoms. The van der Waals surface area contributed by atoms with E-state index in [0.29, 0.717) is 17.9 Å². The van der Waals surface area contributed by atoms with Crippen LogP contribution < -0.4 is 4.74 Å². The topological polar surface area (TPSA) is 29.5 Å². The molecule has 2 rings (SSSR count). The Morgan fingerprint density at radius 2 is 2.20 bits per heavy atom. The summed E-state index contributed by atoms with van der Waals surface area (Å²) in [7, 11) is 1.61. The van der Waals surface area contributed by atoms with E-state index in [-0.39, 0.29) is 5.91 Å². The number of nitrogens with zero attached hydrogens (tertiary/aromatic N) is 1. The maximum atomic E-state index is 12.6. The van der Waals surface area contributed by atoms with Crippen LogP contribution in [0.5, 0.6) is 5.75 Å². The van der Waals surface area contributed by atoms with Crippen molar-refractivity contribution in [2.45, 2.75) is 19.9 Å². The molecule has 0 saturated carbocycles. The van der Waals surface area contributed by atoms with Crippen molar-refractivity contribution in [3.63, 3.8) is 0 Å². The van der Waals surface area contributed by atoms with Crippen molar-refractivity contribution in [1.29, 1.82) is 0 Å². The van der Waals surface area contributed by atoms with Crippen LogP contribution in [0.4, 0.5) is 0 Å². The first kappa shape index (κ1) is 14.6. The van der Waals surface area contributed by atoms with Crippen LogP contribution in [0.15, 0.2) is 41.1 Å². The number of amides is 1. The van der Waals surface area contributed by atoms with Gasteiger partial charge in [0.15, 0.2) is 0 Å². The van der Waals surface area contributed by atoms with Crippen molar-refractivity contribution in [2.24, 2.45) is 0 Å². The minimum absolute atomic E-state index is 0.0527. The minimum Gasteiger partial charge on any atom is -0.497 e. The molecule has 106 valence electrons. The quantitative estimate of drug-likeness (QED) is 0.809. The zero-order valence-corrected chi connectivity index (χ0v) is 12.7. The van der Waals surface area contributed by atoms with Crippen LogP contribution in [-0.2, 0) is 6.54 Å². The summed E-state index contributed by atoms with van der Waals surface area (Å²) in [5, 5.41) is 4.12. The van der Waals surface area contributed by atoms with Crippen LogP contribution in [-0.4, -0.2) is 24.5 Å². The number of hydrogen-bond donors (Lipinski definition) is 0. The summed E-state index contributed by atoms with van der Waals surface area (Å²) in [6.07, 6.45) is 0.944. The van der Waals surface area contributed by atoms with Gasteiger partial charge in [-0.25, -0.2) is 0 Å². The van der Waals surface area contributed by atoms with E-state index in [2.05, 4.69) is 18.4 Å². The van der Waals surface area contributed by atoms with Gasteiger partial charge in [0, 0.05) is 18.7 Å². The largest absolute Gasteiger partial charge is 0.497 e. The van der Waals surface area contributed by atoms with Gasteiger partial charge in [0.1, 0.15) is 5.75 Å². The molecule has 0 radical (unpaired) electrons. The number of hydrogen-bond acceptors (Lipinski definition) is 3. The number of benzene rings is 1. The van der Waals surface area contributed by atoms with Gasteiger partial charge in [0.05, 0.1) is 7.11 Å². The van der Waals surface area contributed by atoms with Gasteiger partial charge < -0.3 is 9.64 Å². The van der Waals surface area contributed by atoms with E-state index in [0.717, 1.165) is 13.0 Å². The van der Waals surface area contributed by atoms with Crippen molar-refractivity contribution in [2.75, 3.05) is 13.7 Å². The zero-order chi connectivity index (χ0) is 14.4. The average molecular weight is 289 g/mol. The summed E-state index contributed by atoms with van der Waals surface area (Å²) in [5.41, 5.74) is 1.85. The normalized spacial score (nSPS) is 10.3.